The monoisotopic (exact) mass is 737 g/mol. The van der Waals surface area contributed by atoms with Gasteiger partial charge in [-0.15, -0.1) is 0 Å². The summed E-state index contributed by atoms with van der Waals surface area (Å²) in [5, 5.41) is 0. The first kappa shape index (κ1) is 36.0. The molecule has 0 spiro atoms. The highest BCUT2D eigenvalue weighted by atomic mass is 16.5. The van der Waals surface area contributed by atoms with Crippen molar-refractivity contribution in [3.8, 4) is 22.6 Å². The van der Waals surface area contributed by atoms with Crippen LogP contribution in [0.2, 0.25) is 0 Å². The van der Waals surface area contributed by atoms with Crippen LogP contribution in [0.5, 0.6) is 11.5 Å². The number of anilines is 3. The molecular weight excluding hydrogens is 687 g/mol. The van der Waals surface area contributed by atoms with E-state index < -0.39 is 0 Å². The molecule has 3 heterocycles. The number of ether oxygens (including phenoxy) is 2. The zero-order valence-electron chi connectivity index (χ0n) is 33.2. The number of para-hydroxylation sites is 1. The van der Waals surface area contributed by atoms with Gasteiger partial charge in [0.2, 0.25) is 5.90 Å². The Labute approximate surface area is 332 Å². The van der Waals surface area contributed by atoms with Crippen molar-refractivity contribution in [1.82, 2.24) is 4.98 Å². The maximum atomic E-state index is 6.92. The van der Waals surface area contributed by atoms with E-state index >= 15 is 0 Å². The number of nitrogens with zero attached hydrogens (tertiary/aromatic N) is 3. The van der Waals surface area contributed by atoms with Crippen molar-refractivity contribution >= 4 is 23.1 Å². The maximum absolute atomic E-state index is 6.92. The van der Waals surface area contributed by atoms with Crippen molar-refractivity contribution in [2.24, 2.45) is 10.9 Å². The van der Waals surface area contributed by atoms with Crippen LogP contribution in [0.25, 0.3) is 11.1 Å². The molecule has 0 bridgehead atoms. The summed E-state index contributed by atoms with van der Waals surface area (Å²) in [6.07, 6.45) is 8.04. The van der Waals surface area contributed by atoms with Crippen LogP contribution >= 0.6 is 0 Å². The lowest BCUT2D eigenvalue weighted by molar-refractivity contribution is 0.150. The molecule has 5 heteroatoms. The van der Waals surface area contributed by atoms with Gasteiger partial charge < -0.3 is 9.47 Å². The SMILES string of the molecule is CC(C)(C)c1ccnc(N2c3ccccc3C(C)(C)c3ccc(Oc4cc(C5=N[C@H](C6CCCCC6)[C@@H](c6ccccc6)O5)cc(-c5ccccc5)c4)cc32)c1. The molecule has 9 rings (SSSR count). The summed E-state index contributed by atoms with van der Waals surface area (Å²) in [4.78, 5) is 12.7. The first-order valence-corrected chi connectivity index (χ1v) is 20.3. The molecule has 3 aliphatic rings. The topological polar surface area (TPSA) is 47.0 Å². The molecule has 56 heavy (non-hydrogen) atoms. The number of hydrogen-bond acceptors (Lipinski definition) is 5. The molecule has 6 aromatic rings. The Bertz CT molecular complexity index is 2390. The van der Waals surface area contributed by atoms with Gasteiger partial charge in [0.1, 0.15) is 23.4 Å². The Kier molecular flexibility index (Phi) is 9.28. The fourth-order valence-electron chi connectivity index (χ4n) is 9.03. The van der Waals surface area contributed by atoms with Gasteiger partial charge >= 0.3 is 0 Å². The molecular formula is C51H51N3O2. The van der Waals surface area contributed by atoms with Crippen LogP contribution < -0.4 is 9.64 Å². The number of pyridine rings is 1. The highest BCUT2D eigenvalue weighted by molar-refractivity contribution is 5.97. The number of aliphatic imine (C=N–C) groups is 1. The predicted octanol–water partition coefficient (Wildman–Crippen LogP) is 13.4. The second-order valence-corrected chi connectivity index (χ2v) is 17.3. The van der Waals surface area contributed by atoms with Gasteiger partial charge in [-0.25, -0.2) is 9.98 Å². The molecule has 2 atom stereocenters. The summed E-state index contributed by atoms with van der Waals surface area (Å²) in [7, 11) is 0. The molecule has 1 fully saturated rings. The summed E-state index contributed by atoms with van der Waals surface area (Å²) in [6.45, 7) is 11.4. The number of aromatic nitrogens is 1. The molecule has 2 aliphatic heterocycles. The van der Waals surface area contributed by atoms with Crippen LogP contribution in [-0.2, 0) is 15.6 Å². The van der Waals surface area contributed by atoms with Crippen LogP contribution in [0.3, 0.4) is 0 Å². The Morgan fingerprint density at radius 1 is 0.661 bits per heavy atom. The fourth-order valence-corrected chi connectivity index (χ4v) is 9.03. The summed E-state index contributed by atoms with van der Waals surface area (Å²) < 4.78 is 13.8. The zero-order valence-corrected chi connectivity index (χ0v) is 33.2. The average molecular weight is 738 g/mol. The van der Waals surface area contributed by atoms with E-state index in [0.29, 0.717) is 11.8 Å². The standard InChI is InChI=1S/C51H51N3O2/c1-50(2,3)39-27-28-52-46(32-39)54-44-24-16-15-23-42(44)51(4,5)43-26-25-40(33-45(43)54)55-41-30-37(34-17-9-6-10-18-34)29-38(31-41)49-53-47(35-19-11-7-12-20-35)48(56-49)36-21-13-8-14-22-36/h6,8-10,13-18,21-33,35,47-48H,7,11-12,19-20H2,1-5H3/t47-,48-/m1/s1. The molecule has 0 saturated heterocycles. The van der Waals surface area contributed by atoms with Crippen molar-refractivity contribution in [2.75, 3.05) is 4.90 Å². The Balaban J connectivity index is 1.13. The molecule has 0 amide bonds. The number of hydrogen-bond donors (Lipinski definition) is 0. The molecule has 5 nitrogen and oxygen atoms in total. The Morgan fingerprint density at radius 2 is 1.36 bits per heavy atom. The molecule has 0 radical (unpaired) electrons. The van der Waals surface area contributed by atoms with Crippen LogP contribution in [0.1, 0.15) is 101 Å². The number of rotatable bonds is 7. The third kappa shape index (κ3) is 6.78. The molecule has 1 aromatic heterocycles. The van der Waals surface area contributed by atoms with E-state index in [1.807, 2.05) is 6.20 Å². The first-order chi connectivity index (χ1) is 27.1. The Hall–Kier alpha value is -5.68. The van der Waals surface area contributed by atoms with Crippen LogP contribution in [0.4, 0.5) is 17.2 Å². The minimum Gasteiger partial charge on any atom is -0.467 e. The van der Waals surface area contributed by atoms with Crippen molar-refractivity contribution in [1.29, 1.82) is 0 Å². The lowest BCUT2D eigenvalue weighted by Gasteiger charge is -2.41. The largest absolute Gasteiger partial charge is 0.467 e. The van der Waals surface area contributed by atoms with Crippen molar-refractivity contribution in [3.05, 3.63) is 167 Å². The van der Waals surface area contributed by atoms with E-state index in [1.54, 1.807) is 0 Å². The Morgan fingerprint density at radius 3 is 2.12 bits per heavy atom. The van der Waals surface area contributed by atoms with Gasteiger partial charge in [0.05, 0.1) is 17.4 Å². The normalized spacial score (nSPS) is 19.1. The van der Waals surface area contributed by atoms with Gasteiger partial charge in [-0.1, -0.05) is 139 Å². The third-order valence-corrected chi connectivity index (χ3v) is 12.1. The summed E-state index contributed by atoms with van der Waals surface area (Å²) in [6, 6.07) is 47.2. The van der Waals surface area contributed by atoms with Gasteiger partial charge in [0.15, 0.2) is 0 Å². The fraction of sp³-hybridized carbons (Fsp3) is 0.294. The van der Waals surface area contributed by atoms with Gasteiger partial charge in [-0.3, -0.25) is 4.90 Å². The summed E-state index contributed by atoms with van der Waals surface area (Å²) in [5.74, 6) is 3.58. The number of fused-ring (bicyclic) bond motifs is 2. The third-order valence-electron chi connectivity index (χ3n) is 12.1. The predicted molar refractivity (Wildman–Crippen MR) is 229 cm³/mol. The van der Waals surface area contributed by atoms with Gasteiger partial charge in [0, 0.05) is 23.2 Å². The second-order valence-electron chi connectivity index (χ2n) is 17.3. The second kappa shape index (κ2) is 14.4. The van der Waals surface area contributed by atoms with E-state index in [2.05, 4.69) is 173 Å². The van der Waals surface area contributed by atoms with E-state index in [-0.39, 0.29) is 23.0 Å². The molecule has 0 N–H and O–H groups in total. The van der Waals surface area contributed by atoms with E-state index in [1.165, 1.54) is 54.4 Å². The molecule has 1 aliphatic carbocycles. The maximum Gasteiger partial charge on any atom is 0.217 e. The van der Waals surface area contributed by atoms with Gasteiger partial charge in [-0.2, -0.15) is 0 Å². The summed E-state index contributed by atoms with van der Waals surface area (Å²) >= 11 is 0. The lowest BCUT2D eigenvalue weighted by atomic mass is 9.73. The van der Waals surface area contributed by atoms with Crippen LogP contribution in [0.15, 0.2) is 145 Å². The van der Waals surface area contributed by atoms with E-state index in [0.717, 1.165) is 45.4 Å². The minimum absolute atomic E-state index is 0.0214. The smallest absolute Gasteiger partial charge is 0.217 e. The average Bonchev–Trinajstić information content (AvgIpc) is 3.68. The molecule has 5 aromatic carbocycles. The molecule has 1 saturated carbocycles. The molecule has 0 unspecified atom stereocenters. The zero-order chi connectivity index (χ0) is 38.4. The minimum atomic E-state index is -0.231. The van der Waals surface area contributed by atoms with E-state index in [4.69, 9.17) is 19.5 Å². The van der Waals surface area contributed by atoms with Gasteiger partial charge in [-0.05, 0) is 100 Å². The number of benzene rings is 5. The van der Waals surface area contributed by atoms with Crippen LogP contribution in [-0.4, -0.2) is 16.9 Å². The van der Waals surface area contributed by atoms with Crippen molar-refractivity contribution < 1.29 is 9.47 Å². The molecule has 282 valence electrons. The van der Waals surface area contributed by atoms with Gasteiger partial charge in [0.25, 0.3) is 0 Å². The lowest BCUT2D eigenvalue weighted by Crippen LogP contribution is -2.31. The highest BCUT2D eigenvalue weighted by Gasteiger charge is 2.40. The van der Waals surface area contributed by atoms with Crippen molar-refractivity contribution in [2.45, 2.75) is 89.7 Å². The van der Waals surface area contributed by atoms with E-state index in [9.17, 15) is 0 Å². The quantitative estimate of drug-likeness (QED) is 0.164. The summed E-state index contributed by atoms with van der Waals surface area (Å²) in [5.41, 5.74) is 9.95. The highest BCUT2D eigenvalue weighted by Crippen LogP contribution is 2.53. The first-order valence-electron chi connectivity index (χ1n) is 20.3. The van der Waals surface area contributed by atoms with Crippen LogP contribution in [0, 0.1) is 5.92 Å². The van der Waals surface area contributed by atoms with Crippen molar-refractivity contribution in [3.63, 3.8) is 0 Å².